The largest absolute Gasteiger partial charge is 0.458 e. The quantitative estimate of drug-likeness (QED) is 0.0857. The monoisotopic (exact) mass is 1380 g/mol. The molecule has 99 heavy (non-hydrogen) atoms. The van der Waals surface area contributed by atoms with E-state index < -0.39 is 0 Å². The summed E-state index contributed by atoms with van der Waals surface area (Å²) in [5, 5.41) is 0. The zero-order chi connectivity index (χ0) is 72.0. The lowest BCUT2D eigenvalue weighted by atomic mass is 9.69. The maximum Gasteiger partial charge on any atom is 0.312 e. The van der Waals surface area contributed by atoms with Crippen molar-refractivity contribution < 1.29 is 47.7 Å². The van der Waals surface area contributed by atoms with Crippen molar-refractivity contribution in [3.8, 4) is 0 Å². The molecule has 6 unspecified atom stereocenters. The number of fused-ring (bicyclic) bond motifs is 4. The highest BCUT2D eigenvalue weighted by Gasteiger charge is 2.57. The molecule has 0 radical (unpaired) electrons. The summed E-state index contributed by atoms with van der Waals surface area (Å²) in [4.78, 5) is 62.9. The van der Waals surface area contributed by atoms with Gasteiger partial charge < -0.3 is 23.7 Å². The first kappa shape index (κ1) is 82.0. The van der Waals surface area contributed by atoms with Crippen molar-refractivity contribution in [2.75, 3.05) is 0 Å². The summed E-state index contributed by atoms with van der Waals surface area (Å²) in [7, 11) is 0. The van der Waals surface area contributed by atoms with Crippen molar-refractivity contribution in [3.63, 3.8) is 0 Å². The minimum atomic E-state index is -0.334. The van der Waals surface area contributed by atoms with Gasteiger partial charge in [-0.1, -0.05) is 118 Å². The van der Waals surface area contributed by atoms with E-state index >= 15 is 0 Å². The van der Waals surface area contributed by atoms with Crippen LogP contribution in [0.15, 0.2) is 0 Å². The molecule has 12 aliphatic rings. The number of hydrogen-bond donors (Lipinski definition) is 0. The zero-order valence-electron chi connectivity index (χ0n) is 67.1. The van der Waals surface area contributed by atoms with E-state index in [1.807, 2.05) is 69.2 Å². The van der Waals surface area contributed by atoms with Gasteiger partial charge in [-0.2, -0.15) is 0 Å². The van der Waals surface area contributed by atoms with Crippen LogP contribution in [0.5, 0.6) is 0 Å². The molecule has 12 saturated carbocycles. The van der Waals surface area contributed by atoms with E-state index in [1.54, 1.807) is 0 Å². The Labute approximate surface area is 607 Å². The van der Waals surface area contributed by atoms with Crippen molar-refractivity contribution >= 4 is 29.8 Å². The van der Waals surface area contributed by atoms with Crippen molar-refractivity contribution in [2.24, 2.45) is 80.3 Å². The first-order chi connectivity index (χ1) is 46.9. The fourth-order valence-corrected chi connectivity index (χ4v) is 21.1. The van der Waals surface area contributed by atoms with Crippen molar-refractivity contribution in [3.05, 3.63) is 0 Å². The minimum Gasteiger partial charge on any atom is -0.458 e. The molecule has 12 rings (SSSR count). The third-order valence-electron chi connectivity index (χ3n) is 30.3. The summed E-state index contributed by atoms with van der Waals surface area (Å²) < 4.78 is 31.2. The first-order valence-corrected chi connectivity index (χ1v) is 43.1. The summed E-state index contributed by atoms with van der Waals surface area (Å²) in [6.45, 7) is 30.6. The normalized spacial score (nSPS) is 28.8. The lowest BCUT2D eigenvalue weighted by Crippen LogP contribution is -2.48. The number of hydrogen-bond acceptors (Lipinski definition) is 10. The molecule has 0 aliphatic heterocycles. The second-order valence-electron chi connectivity index (χ2n) is 38.8. The maximum atomic E-state index is 12.7. The SMILES string of the molecule is CCC(C)(C)C(=O)OC1(C2CC3CCC2C3)CCCC1.CCC(C)(C)C(=O)OC1(C2CC3CCC2C3)CCCCC1.CCC(C)(C)C(=O)OC1(C2CCCC2)CCCCC1.CCC(C)(C)C(=O)OC1(C2CCCCC2)CCCC1.CCC(C)(C)C(=O)OC1(C2CCCCC2)CCCCC1. The van der Waals surface area contributed by atoms with E-state index in [0.29, 0.717) is 29.6 Å². The van der Waals surface area contributed by atoms with E-state index in [0.717, 1.165) is 120 Å². The number of carbonyl (C=O) groups excluding carboxylic acids is 5. The van der Waals surface area contributed by atoms with E-state index in [-0.39, 0.29) is 84.9 Å². The van der Waals surface area contributed by atoms with Gasteiger partial charge in [-0.25, -0.2) is 0 Å². The van der Waals surface area contributed by atoms with Gasteiger partial charge in [0.25, 0.3) is 0 Å². The molecule has 0 N–H and O–H groups in total. The molecular weight excluding hydrogens is 1230 g/mol. The van der Waals surface area contributed by atoms with Gasteiger partial charge in [-0.05, 0) is 348 Å². The third-order valence-corrected chi connectivity index (χ3v) is 30.3. The van der Waals surface area contributed by atoms with Crippen LogP contribution in [0.25, 0.3) is 0 Å². The molecule has 0 spiro atoms. The van der Waals surface area contributed by atoms with E-state index in [4.69, 9.17) is 23.7 Å². The average Bonchev–Trinajstić information content (AvgIpc) is 1.64. The van der Waals surface area contributed by atoms with Crippen LogP contribution in [0.1, 0.15) is 425 Å². The molecule has 0 aromatic heterocycles. The van der Waals surface area contributed by atoms with E-state index in [2.05, 4.69) is 34.6 Å². The maximum absolute atomic E-state index is 12.7. The van der Waals surface area contributed by atoms with Gasteiger partial charge in [-0.3, -0.25) is 24.0 Å². The van der Waals surface area contributed by atoms with Crippen LogP contribution in [0.2, 0.25) is 0 Å². The van der Waals surface area contributed by atoms with Crippen molar-refractivity contribution in [1.29, 1.82) is 0 Å². The Kier molecular flexibility index (Phi) is 29.5. The number of ether oxygens (including phenoxy) is 5. The number of carbonyl (C=O) groups is 5. The Morgan fingerprint density at radius 3 is 0.646 bits per heavy atom. The predicted octanol–water partition coefficient (Wildman–Crippen LogP) is 24.8. The van der Waals surface area contributed by atoms with Crippen LogP contribution in [-0.2, 0) is 47.7 Å². The first-order valence-electron chi connectivity index (χ1n) is 43.1. The smallest absolute Gasteiger partial charge is 0.312 e. The van der Waals surface area contributed by atoms with E-state index in [9.17, 15) is 24.0 Å². The van der Waals surface area contributed by atoms with Crippen LogP contribution < -0.4 is 0 Å². The fraction of sp³-hybridized carbons (Fsp3) is 0.944. The lowest BCUT2D eigenvalue weighted by molar-refractivity contribution is -0.185. The molecule has 570 valence electrons. The molecule has 0 heterocycles. The number of rotatable bonds is 20. The molecule has 10 nitrogen and oxygen atoms in total. The summed E-state index contributed by atoms with van der Waals surface area (Å²) in [6.07, 6.45) is 60.9. The summed E-state index contributed by atoms with van der Waals surface area (Å²) >= 11 is 0. The molecule has 10 heteroatoms. The Balaban J connectivity index is 0.000000158. The van der Waals surface area contributed by atoms with Gasteiger partial charge in [0.15, 0.2) is 0 Å². The topological polar surface area (TPSA) is 132 Å². The average molecular weight is 1380 g/mol. The van der Waals surface area contributed by atoms with Gasteiger partial charge in [-0.15, -0.1) is 0 Å². The van der Waals surface area contributed by atoms with E-state index in [1.165, 1.54) is 225 Å². The Morgan fingerprint density at radius 1 is 0.253 bits per heavy atom. The molecule has 6 atom stereocenters. The molecule has 0 aromatic rings. The summed E-state index contributed by atoms with van der Waals surface area (Å²) in [5.74, 6) is 6.93. The highest BCUT2D eigenvalue weighted by molar-refractivity contribution is 5.78. The second kappa shape index (κ2) is 35.6. The highest BCUT2D eigenvalue weighted by atomic mass is 16.6. The Bertz CT molecular complexity index is 2480. The second-order valence-corrected chi connectivity index (χ2v) is 38.8. The summed E-state index contributed by atoms with van der Waals surface area (Å²) in [5.41, 5.74) is -2.20. The van der Waals surface area contributed by atoms with Crippen LogP contribution in [-0.4, -0.2) is 57.9 Å². The lowest BCUT2D eigenvalue weighted by Gasteiger charge is -2.46. The Hall–Kier alpha value is -2.65. The van der Waals surface area contributed by atoms with Crippen LogP contribution >= 0.6 is 0 Å². The van der Waals surface area contributed by atoms with Crippen molar-refractivity contribution in [2.45, 2.75) is 453 Å². The fourth-order valence-electron chi connectivity index (χ4n) is 21.1. The Morgan fingerprint density at radius 2 is 0.444 bits per heavy atom. The highest BCUT2D eigenvalue weighted by Crippen LogP contribution is 2.59. The van der Waals surface area contributed by atoms with Gasteiger partial charge >= 0.3 is 29.8 Å². The van der Waals surface area contributed by atoms with Gasteiger partial charge in [0.05, 0.1) is 27.1 Å². The van der Waals surface area contributed by atoms with Gasteiger partial charge in [0.2, 0.25) is 0 Å². The van der Waals surface area contributed by atoms with Crippen LogP contribution in [0, 0.1) is 80.3 Å². The molecule has 4 bridgehead atoms. The molecule has 12 aliphatic carbocycles. The minimum absolute atomic E-state index is 0.0301. The van der Waals surface area contributed by atoms with Gasteiger partial charge in [0.1, 0.15) is 28.0 Å². The van der Waals surface area contributed by atoms with Gasteiger partial charge in [0, 0.05) is 11.8 Å². The number of esters is 5. The molecule has 0 amide bonds. The molecule has 0 saturated heterocycles. The van der Waals surface area contributed by atoms with Crippen molar-refractivity contribution in [1.82, 2.24) is 0 Å². The zero-order valence-corrected chi connectivity index (χ0v) is 67.1. The summed E-state index contributed by atoms with van der Waals surface area (Å²) in [6, 6.07) is 0. The molecule has 0 aromatic carbocycles. The standard InChI is InChI=1S/C19H32O2.C18H30O2.C18H32O2.2C17H30O2/c1-4-18(2,3)17(20)21-19(10-6-5-7-11-19)16-13-14-8-9-15(16)12-14;1-4-17(2,3)16(19)20-18(9-5-6-10-18)15-12-13-7-8-14(15)11-13;1-4-17(2,3)16(19)20-18(13-9-6-10-14-18)15-11-7-5-8-12-15;1-4-16(2,3)15(18)19-17(12-8-5-9-13-17)14-10-6-7-11-14;1-4-16(2,3)15(18)19-17(12-8-9-13-17)14-10-6-5-7-11-14/h14-16H,4-13H2,1-3H3;13-15H,4-12H2,1-3H3;15H,4-14H2,1-3H3;2*14H,4-13H2,1-3H3. The van der Waals surface area contributed by atoms with Crippen LogP contribution in [0.3, 0.4) is 0 Å². The predicted molar refractivity (Wildman–Crippen MR) is 404 cm³/mol. The van der Waals surface area contributed by atoms with Crippen LogP contribution in [0.4, 0.5) is 0 Å². The molecule has 12 fully saturated rings. The third kappa shape index (κ3) is 20.3. The molecular formula is C89H154O10.